The zero-order valence-corrected chi connectivity index (χ0v) is 22.3. The number of hydrogen-bond acceptors (Lipinski definition) is 5. The van der Waals surface area contributed by atoms with Crippen molar-refractivity contribution in [1.29, 1.82) is 0 Å². The molecule has 0 spiro atoms. The minimum absolute atomic E-state index is 0.0673. The molecule has 0 amide bonds. The van der Waals surface area contributed by atoms with Gasteiger partial charge in [-0.3, -0.25) is 0 Å². The van der Waals surface area contributed by atoms with Crippen LogP contribution in [-0.2, 0) is 18.6 Å². The van der Waals surface area contributed by atoms with Crippen LogP contribution in [0.5, 0.6) is 0 Å². The van der Waals surface area contributed by atoms with Gasteiger partial charge in [0.05, 0.1) is 24.9 Å². The first-order valence-corrected chi connectivity index (χ1v) is 15.0. The van der Waals surface area contributed by atoms with Crippen LogP contribution in [0.25, 0.3) is 0 Å². The molecule has 0 bridgehead atoms. The van der Waals surface area contributed by atoms with E-state index in [9.17, 15) is 5.11 Å². The van der Waals surface area contributed by atoms with Gasteiger partial charge in [-0.2, -0.15) is 0 Å². The minimum Gasteiger partial charge on any atom is -0.411 e. The highest BCUT2D eigenvalue weighted by Crippen LogP contribution is 2.41. The third-order valence-electron chi connectivity index (χ3n) is 6.63. The van der Waals surface area contributed by atoms with Crippen LogP contribution in [-0.4, -0.2) is 50.6 Å². The molecule has 7 heteroatoms. The number of rotatable bonds is 5. The molecule has 2 aliphatic heterocycles. The molecule has 1 aromatic rings. The van der Waals surface area contributed by atoms with E-state index < -0.39 is 14.4 Å². The highest BCUT2D eigenvalue weighted by Gasteiger charge is 2.45. The Labute approximate surface area is 201 Å². The van der Waals surface area contributed by atoms with Crippen molar-refractivity contribution in [2.24, 2.45) is 0 Å². The zero-order chi connectivity index (χ0) is 22.6. The maximum atomic E-state index is 10.4. The lowest BCUT2D eigenvalue weighted by Gasteiger charge is -2.41. The first-order chi connectivity index (χ1) is 14.6. The van der Waals surface area contributed by atoms with Crippen molar-refractivity contribution in [2.75, 3.05) is 6.61 Å². The fourth-order valence-corrected chi connectivity index (χ4v) is 5.55. The summed E-state index contributed by atoms with van der Waals surface area (Å²) < 4.78 is 28.4. The Morgan fingerprint density at radius 2 is 1.87 bits per heavy atom. The maximum absolute atomic E-state index is 10.4. The average Bonchev–Trinajstić information content (AvgIpc) is 2.86. The SMILES string of the molecule is CC(C)(C)[Si](C)(C)O[C@@H]1CC[C@@H]2O[C@H](c3ccccc3)OC[C@H]2O[C@H]1C[C@@H](O)C#CI. The molecule has 3 rings (SSSR count). The van der Waals surface area contributed by atoms with Gasteiger partial charge in [-0.15, -0.1) is 0 Å². The number of ether oxygens (including phenoxy) is 3. The summed E-state index contributed by atoms with van der Waals surface area (Å²) in [7, 11) is -2.01. The number of hydrogen-bond donors (Lipinski definition) is 1. The van der Waals surface area contributed by atoms with Crippen LogP contribution >= 0.6 is 22.6 Å². The molecule has 31 heavy (non-hydrogen) atoms. The number of fused-ring (bicyclic) bond motifs is 1. The molecular weight excluding hydrogens is 523 g/mol. The van der Waals surface area contributed by atoms with Gasteiger partial charge in [0, 0.05) is 34.6 Å². The van der Waals surface area contributed by atoms with Gasteiger partial charge in [-0.1, -0.05) is 57.0 Å². The monoisotopic (exact) mass is 558 g/mol. The van der Waals surface area contributed by atoms with Crippen molar-refractivity contribution in [1.82, 2.24) is 0 Å². The van der Waals surface area contributed by atoms with E-state index in [1.807, 2.05) is 52.9 Å². The molecule has 2 heterocycles. The van der Waals surface area contributed by atoms with Gasteiger partial charge in [0.15, 0.2) is 14.6 Å². The lowest BCUT2D eigenvalue weighted by atomic mass is 10.0. The van der Waals surface area contributed by atoms with Gasteiger partial charge < -0.3 is 23.7 Å². The van der Waals surface area contributed by atoms with Crippen LogP contribution in [0.3, 0.4) is 0 Å². The van der Waals surface area contributed by atoms with E-state index in [-0.39, 0.29) is 35.7 Å². The van der Waals surface area contributed by atoms with E-state index in [0.29, 0.717) is 13.0 Å². The predicted molar refractivity (Wildman–Crippen MR) is 132 cm³/mol. The first kappa shape index (κ1) is 25.2. The summed E-state index contributed by atoms with van der Waals surface area (Å²) in [6.45, 7) is 11.7. The first-order valence-electron chi connectivity index (χ1n) is 11.1. The second kappa shape index (κ2) is 10.6. The molecule has 0 unspecified atom stereocenters. The van der Waals surface area contributed by atoms with E-state index >= 15 is 0 Å². The summed E-state index contributed by atoms with van der Waals surface area (Å²) in [4.78, 5) is 0. The van der Waals surface area contributed by atoms with Crippen molar-refractivity contribution < 1.29 is 23.7 Å². The Balaban J connectivity index is 1.77. The molecular formula is C24H35IO5Si. The summed E-state index contributed by atoms with van der Waals surface area (Å²) >= 11 is 1.95. The largest absolute Gasteiger partial charge is 0.411 e. The van der Waals surface area contributed by atoms with Crippen LogP contribution in [0.1, 0.15) is 51.9 Å². The standard InChI is InChI=1S/C24H35IO5Si/c1-24(2,3)31(4,5)30-20-12-11-19-22(28-21(20)15-18(26)13-14-25)16-27-23(29-19)17-9-7-6-8-10-17/h6-10,18-23,26H,11-12,15-16H2,1-5H3/t18-,19-,20+,21-,22+,23+/m0/s1. The number of aliphatic hydroxyl groups is 1. The van der Waals surface area contributed by atoms with Crippen molar-refractivity contribution in [2.45, 2.75) is 95.0 Å². The van der Waals surface area contributed by atoms with Gasteiger partial charge in [0.2, 0.25) is 0 Å². The van der Waals surface area contributed by atoms with Crippen molar-refractivity contribution in [3.8, 4) is 9.85 Å². The van der Waals surface area contributed by atoms with Crippen LogP contribution in [0, 0.1) is 9.85 Å². The molecule has 2 aliphatic rings. The van der Waals surface area contributed by atoms with Gasteiger partial charge in [-0.25, -0.2) is 0 Å². The maximum Gasteiger partial charge on any atom is 0.192 e. The molecule has 2 fully saturated rings. The molecule has 0 aliphatic carbocycles. The van der Waals surface area contributed by atoms with E-state index in [2.05, 4.69) is 43.7 Å². The van der Waals surface area contributed by atoms with Crippen LogP contribution in [0.2, 0.25) is 18.1 Å². The highest BCUT2D eigenvalue weighted by atomic mass is 127. The summed E-state index contributed by atoms with van der Waals surface area (Å²) in [5, 5.41) is 10.5. The molecule has 6 atom stereocenters. The topological polar surface area (TPSA) is 57.2 Å². The Morgan fingerprint density at radius 3 is 2.52 bits per heavy atom. The second-order valence-corrected chi connectivity index (χ2v) is 15.2. The summed E-state index contributed by atoms with van der Waals surface area (Å²) in [5.74, 6) is 2.83. The third-order valence-corrected chi connectivity index (χ3v) is 11.4. The molecule has 0 aromatic heterocycles. The summed E-state index contributed by atoms with van der Waals surface area (Å²) in [6.07, 6.45) is 0.351. The Hall–Kier alpha value is -0.473. The molecule has 1 N–H and O–H groups in total. The number of benzene rings is 1. The van der Waals surface area contributed by atoms with Gasteiger partial charge >= 0.3 is 0 Å². The van der Waals surface area contributed by atoms with E-state index in [1.165, 1.54) is 0 Å². The molecule has 1 aromatic carbocycles. The van der Waals surface area contributed by atoms with E-state index in [1.54, 1.807) is 0 Å². The minimum atomic E-state index is -2.01. The molecule has 2 saturated heterocycles. The number of aliphatic hydroxyl groups excluding tert-OH is 1. The molecule has 0 saturated carbocycles. The Kier molecular flexibility index (Phi) is 8.63. The highest BCUT2D eigenvalue weighted by molar-refractivity contribution is 14.1. The van der Waals surface area contributed by atoms with Crippen LogP contribution in [0.4, 0.5) is 0 Å². The van der Waals surface area contributed by atoms with Gasteiger partial charge in [0.1, 0.15) is 12.2 Å². The number of halogens is 1. The molecule has 0 radical (unpaired) electrons. The van der Waals surface area contributed by atoms with Crippen molar-refractivity contribution in [3.05, 3.63) is 35.9 Å². The normalized spacial score (nSPS) is 30.5. The van der Waals surface area contributed by atoms with E-state index in [0.717, 1.165) is 18.4 Å². The second-order valence-electron chi connectivity index (χ2n) is 9.95. The van der Waals surface area contributed by atoms with Crippen molar-refractivity contribution >= 4 is 30.9 Å². The van der Waals surface area contributed by atoms with Crippen LogP contribution in [0.15, 0.2) is 30.3 Å². The average molecular weight is 559 g/mol. The van der Waals surface area contributed by atoms with Gasteiger partial charge in [0.25, 0.3) is 0 Å². The molecule has 5 nitrogen and oxygen atoms in total. The lowest BCUT2D eigenvalue weighted by Crippen LogP contribution is -2.48. The molecule has 172 valence electrons. The zero-order valence-electron chi connectivity index (χ0n) is 19.1. The third kappa shape index (κ3) is 6.53. The quantitative estimate of drug-likeness (QED) is 0.307. The summed E-state index contributed by atoms with van der Waals surface area (Å²) in [6, 6.07) is 10.0. The van der Waals surface area contributed by atoms with Crippen molar-refractivity contribution in [3.63, 3.8) is 0 Å². The fourth-order valence-electron chi connectivity index (χ4n) is 3.81. The lowest BCUT2D eigenvalue weighted by molar-refractivity contribution is -0.271. The van der Waals surface area contributed by atoms with Crippen LogP contribution < -0.4 is 0 Å². The predicted octanol–water partition coefficient (Wildman–Crippen LogP) is 5.19. The Bertz CT molecular complexity index is 770. The Morgan fingerprint density at radius 1 is 1.16 bits per heavy atom. The smallest absolute Gasteiger partial charge is 0.192 e. The fraction of sp³-hybridized carbons (Fsp3) is 0.667. The van der Waals surface area contributed by atoms with E-state index in [4.69, 9.17) is 18.6 Å². The van der Waals surface area contributed by atoms with Gasteiger partial charge in [-0.05, 0) is 34.9 Å². The summed E-state index contributed by atoms with van der Waals surface area (Å²) in [5.41, 5.74) is 1.02.